The Bertz CT molecular complexity index is 629. The van der Waals surface area contributed by atoms with Crippen LogP contribution in [0.1, 0.15) is 23.1 Å². The minimum absolute atomic E-state index is 0.800. The molecule has 1 aliphatic rings. The van der Waals surface area contributed by atoms with Crippen LogP contribution in [0.4, 0.5) is 5.69 Å². The fraction of sp³-hybridized carbons (Fsp3) is 0.125. The molecule has 0 aromatic heterocycles. The molecule has 1 nitrogen and oxygen atoms in total. The first-order valence-electron chi connectivity index (χ1n) is 6.08. The molecular formula is C16H14ClN. The number of hydrogen-bond donors (Lipinski definition) is 1. The normalized spacial score (nSPS) is 15.9. The predicted octanol–water partition coefficient (Wildman–Crippen LogP) is 4.41. The quantitative estimate of drug-likeness (QED) is 0.751. The third kappa shape index (κ3) is 2.02. The molecular weight excluding hydrogens is 242 g/mol. The fourth-order valence-electron chi connectivity index (χ4n) is 2.47. The second kappa shape index (κ2) is 4.51. The summed E-state index contributed by atoms with van der Waals surface area (Å²) in [6.45, 7) is 0. The van der Waals surface area contributed by atoms with E-state index >= 15 is 0 Å². The number of hydrogen-bond acceptors (Lipinski definition) is 1. The summed E-state index contributed by atoms with van der Waals surface area (Å²) in [5.74, 6) is 0. The van der Waals surface area contributed by atoms with E-state index in [0.29, 0.717) is 0 Å². The van der Waals surface area contributed by atoms with Gasteiger partial charge in [-0.15, -0.1) is 0 Å². The van der Waals surface area contributed by atoms with E-state index in [-0.39, 0.29) is 0 Å². The van der Waals surface area contributed by atoms with Crippen molar-refractivity contribution in [2.24, 2.45) is 0 Å². The van der Waals surface area contributed by atoms with Crippen molar-refractivity contribution < 1.29 is 0 Å². The Kier molecular flexibility index (Phi) is 2.85. The second-order valence-corrected chi connectivity index (χ2v) is 5.01. The Morgan fingerprint density at radius 1 is 1.06 bits per heavy atom. The van der Waals surface area contributed by atoms with Gasteiger partial charge in [0.05, 0.1) is 0 Å². The third-order valence-electron chi connectivity index (χ3n) is 3.37. The van der Waals surface area contributed by atoms with Gasteiger partial charge >= 0.3 is 0 Å². The Morgan fingerprint density at radius 3 is 2.72 bits per heavy atom. The van der Waals surface area contributed by atoms with E-state index in [0.717, 1.165) is 29.1 Å². The monoisotopic (exact) mass is 255 g/mol. The van der Waals surface area contributed by atoms with Gasteiger partial charge in [-0.2, -0.15) is 0 Å². The molecule has 2 aromatic rings. The van der Waals surface area contributed by atoms with Crippen molar-refractivity contribution in [2.45, 2.75) is 12.8 Å². The van der Waals surface area contributed by atoms with Crippen molar-refractivity contribution in [1.29, 1.82) is 0 Å². The number of allylic oxidation sites excluding steroid dienone is 1. The van der Waals surface area contributed by atoms with Crippen LogP contribution in [0.15, 0.2) is 42.5 Å². The second-order valence-electron chi connectivity index (χ2n) is 4.61. The highest BCUT2D eigenvalue weighted by molar-refractivity contribution is 6.32. The fourth-order valence-corrected chi connectivity index (χ4v) is 2.66. The summed E-state index contributed by atoms with van der Waals surface area (Å²) < 4.78 is 0. The van der Waals surface area contributed by atoms with Crippen molar-refractivity contribution >= 4 is 28.9 Å². The lowest BCUT2D eigenvalue weighted by Crippen LogP contribution is -1.87. The van der Waals surface area contributed by atoms with Crippen LogP contribution in [-0.4, -0.2) is 0 Å². The average molecular weight is 256 g/mol. The topological polar surface area (TPSA) is 26.0 Å². The van der Waals surface area contributed by atoms with Crippen LogP contribution in [-0.2, 0) is 6.42 Å². The lowest BCUT2D eigenvalue weighted by molar-refractivity contribution is 1.08. The Morgan fingerprint density at radius 2 is 1.89 bits per heavy atom. The van der Waals surface area contributed by atoms with Crippen molar-refractivity contribution in [3.05, 3.63) is 64.2 Å². The molecule has 2 heteroatoms. The maximum absolute atomic E-state index is 6.19. The molecule has 0 heterocycles. The first-order chi connectivity index (χ1) is 8.74. The zero-order valence-corrected chi connectivity index (χ0v) is 10.7. The number of benzene rings is 2. The Hall–Kier alpha value is -1.73. The Balaban J connectivity index is 2.04. The first-order valence-corrected chi connectivity index (χ1v) is 6.46. The molecule has 0 spiro atoms. The van der Waals surface area contributed by atoms with Gasteiger partial charge in [-0.25, -0.2) is 0 Å². The van der Waals surface area contributed by atoms with Gasteiger partial charge in [0.1, 0.15) is 0 Å². The molecule has 0 atom stereocenters. The number of rotatable bonds is 1. The van der Waals surface area contributed by atoms with Gasteiger partial charge in [-0.05, 0) is 59.4 Å². The van der Waals surface area contributed by atoms with Gasteiger partial charge in [-0.1, -0.05) is 35.9 Å². The van der Waals surface area contributed by atoms with Crippen LogP contribution in [0.5, 0.6) is 0 Å². The van der Waals surface area contributed by atoms with Crippen LogP contribution in [0, 0.1) is 0 Å². The molecule has 0 bridgehead atoms. The highest BCUT2D eigenvalue weighted by Crippen LogP contribution is 2.35. The first kappa shape index (κ1) is 11.4. The summed E-state index contributed by atoms with van der Waals surface area (Å²) in [5.41, 5.74) is 11.7. The zero-order chi connectivity index (χ0) is 12.5. The molecule has 18 heavy (non-hydrogen) atoms. The smallest absolute Gasteiger partial charge is 0.0478 e. The predicted molar refractivity (Wildman–Crippen MR) is 78.5 cm³/mol. The van der Waals surface area contributed by atoms with E-state index in [1.54, 1.807) is 0 Å². The van der Waals surface area contributed by atoms with E-state index in [2.05, 4.69) is 18.2 Å². The Labute approximate surface area is 112 Å². The number of halogens is 1. The van der Waals surface area contributed by atoms with Gasteiger partial charge in [-0.3, -0.25) is 0 Å². The van der Waals surface area contributed by atoms with Crippen molar-refractivity contribution in [3.8, 4) is 0 Å². The molecule has 90 valence electrons. The van der Waals surface area contributed by atoms with Crippen LogP contribution in [0.25, 0.3) is 11.6 Å². The van der Waals surface area contributed by atoms with Crippen molar-refractivity contribution in [1.82, 2.24) is 0 Å². The summed E-state index contributed by atoms with van der Waals surface area (Å²) in [7, 11) is 0. The summed E-state index contributed by atoms with van der Waals surface area (Å²) in [4.78, 5) is 0. The molecule has 0 saturated heterocycles. The summed E-state index contributed by atoms with van der Waals surface area (Å²) >= 11 is 6.19. The molecule has 1 aliphatic carbocycles. The average Bonchev–Trinajstić information content (AvgIpc) is 2.74. The third-order valence-corrected chi connectivity index (χ3v) is 3.72. The van der Waals surface area contributed by atoms with Gasteiger partial charge in [0.15, 0.2) is 0 Å². The molecule has 0 unspecified atom stereocenters. The van der Waals surface area contributed by atoms with E-state index in [9.17, 15) is 0 Å². The highest BCUT2D eigenvalue weighted by Gasteiger charge is 2.16. The minimum Gasteiger partial charge on any atom is -0.399 e. The van der Waals surface area contributed by atoms with E-state index in [1.165, 1.54) is 16.7 Å². The molecule has 0 saturated carbocycles. The summed E-state index contributed by atoms with van der Waals surface area (Å²) in [5, 5.41) is 0.800. The highest BCUT2D eigenvalue weighted by atomic mass is 35.5. The van der Waals surface area contributed by atoms with Crippen LogP contribution < -0.4 is 5.73 Å². The summed E-state index contributed by atoms with van der Waals surface area (Å²) in [6.07, 6.45) is 4.31. The van der Waals surface area contributed by atoms with Gasteiger partial charge in [0.25, 0.3) is 0 Å². The molecule has 3 rings (SSSR count). The standard InChI is InChI=1S/C16H14ClN/c17-16-4-2-1-3-13(16)9-11-5-6-12-10-14(18)7-8-15(11)12/h1-4,7-10H,5-6,18H2. The molecule has 0 radical (unpaired) electrons. The van der Waals surface area contributed by atoms with E-state index in [4.69, 9.17) is 17.3 Å². The van der Waals surface area contributed by atoms with Crippen LogP contribution in [0.3, 0.4) is 0 Å². The van der Waals surface area contributed by atoms with Gasteiger partial charge in [0.2, 0.25) is 0 Å². The SMILES string of the molecule is Nc1ccc2c(c1)CCC2=Cc1ccccc1Cl. The number of nitrogens with two attached hydrogens (primary N) is 1. The number of aryl methyl sites for hydroxylation is 1. The lowest BCUT2D eigenvalue weighted by atomic mass is 10.0. The number of fused-ring (bicyclic) bond motifs is 1. The number of anilines is 1. The number of nitrogen functional groups attached to an aromatic ring is 1. The molecule has 2 aromatic carbocycles. The maximum Gasteiger partial charge on any atom is 0.0478 e. The molecule has 0 amide bonds. The maximum atomic E-state index is 6.19. The molecule has 0 aliphatic heterocycles. The van der Waals surface area contributed by atoms with Gasteiger partial charge < -0.3 is 5.73 Å². The lowest BCUT2D eigenvalue weighted by Gasteiger charge is -2.03. The van der Waals surface area contributed by atoms with Crippen LogP contribution >= 0.6 is 11.6 Å². The molecule has 0 fully saturated rings. The van der Waals surface area contributed by atoms with Crippen LogP contribution in [0.2, 0.25) is 5.02 Å². The summed E-state index contributed by atoms with van der Waals surface area (Å²) in [6, 6.07) is 14.1. The van der Waals surface area contributed by atoms with Gasteiger partial charge in [0, 0.05) is 10.7 Å². The zero-order valence-electron chi connectivity index (χ0n) is 9.99. The minimum atomic E-state index is 0.800. The molecule has 2 N–H and O–H groups in total. The van der Waals surface area contributed by atoms with Crippen molar-refractivity contribution in [2.75, 3.05) is 5.73 Å². The van der Waals surface area contributed by atoms with Crippen molar-refractivity contribution in [3.63, 3.8) is 0 Å². The van der Waals surface area contributed by atoms with E-state index < -0.39 is 0 Å². The largest absolute Gasteiger partial charge is 0.399 e. The van der Waals surface area contributed by atoms with E-state index in [1.807, 2.05) is 30.3 Å².